The number of hydrogen-bond donors (Lipinski definition) is 3. The third-order valence-corrected chi connectivity index (χ3v) is 5.40. The van der Waals surface area contributed by atoms with Crippen molar-refractivity contribution in [1.82, 2.24) is 20.2 Å². The number of nitrogens with zero attached hydrogens (tertiary/aromatic N) is 3. The van der Waals surface area contributed by atoms with Gasteiger partial charge in [0.2, 0.25) is 5.95 Å². The Labute approximate surface area is 167 Å². The molecule has 7 heteroatoms. The van der Waals surface area contributed by atoms with E-state index in [-0.39, 0.29) is 5.95 Å². The Morgan fingerprint density at radius 1 is 1.32 bits per heavy atom. The van der Waals surface area contributed by atoms with Crippen LogP contribution in [0.25, 0.3) is 0 Å². The number of nitrogens with one attached hydrogen (secondary N) is 1. The SMILES string of the molecule is C=C1C=C(Cc2cnc(N)nc2N)CC(OC)=C1CC(C)CN1CCNCC1. The number of methoxy groups -OCH3 is 1. The first kappa shape index (κ1) is 20.4. The second-order valence-electron chi connectivity index (χ2n) is 7.79. The maximum Gasteiger partial charge on any atom is 0.221 e. The molecule has 0 bridgehead atoms. The van der Waals surface area contributed by atoms with Crippen molar-refractivity contribution in [3.63, 3.8) is 0 Å². The van der Waals surface area contributed by atoms with Gasteiger partial charge in [0.15, 0.2) is 0 Å². The molecule has 3 rings (SSSR count). The van der Waals surface area contributed by atoms with Crippen LogP contribution < -0.4 is 16.8 Å². The number of piperazine rings is 1. The van der Waals surface area contributed by atoms with E-state index >= 15 is 0 Å². The molecule has 2 heterocycles. The second-order valence-corrected chi connectivity index (χ2v) is 7.79. The molecule has 1 saturated heterocycles. The lowest BCUT2D eigenvalue weighted by Gasteiger charge is -2.31. The van der Waals surface area contributed by atoms with E-state index in [9.17, 15) is 0 Å². The smallest absolute Gasteiger partial charge is 0.221 e. The summed E-state index contributed by atoms with van der Waals surface area (Å²) in [4.78, 5) is 10.6. The molecular formula is C21H32N6O. The second kappa shape index (κ2) is 9.21. The number of rotatable bonds is 7. The summed E-state index contributed by atoms with van der Waals surface area (Å²) in [6.45, 7) is 12.1. The predicted octanol–water partition coefficient (Wildman–Crippen LogP) is 1.90. The first-order valence-electron chi connectivity index (χ1n) is 9.91. The zero-order chi connectivity index (χ0) is 20.1. The monoisotopic (exact) mass is 384 g/mol. The zero-order valence-corrected chi connectivity index (χ0v) is 17.0. The van der Waals surface area contributed by atoms with Crippen LogP contribution in [0.4, 0.5) is 11.8 Å². The van der Waals surface area contributed by atoms with Crippen LogP contribution in [-0.2, 0) is 11.2 Å². The molecule has 0 aromatic carbocycles. The quantitative estimate of drug-likeness (QED) is 0.660. The summed E-state index contributed by atoms with van der Waals surface area (Å²) >= 11 is 0. The van der Waals surface area contributed by atoms with E-state index in [1.165, 1.54) is 11.1 Å². The van der Waals surface area contributed by atoms with Crippen LogP contribution in [0, 0.1) is 5.92 Å². The van der Waals surface area contributed by atoms with Gasteiger partial charge in [-0.05, 0) is 29.9 Å². The molecule has 1 aromatic rings. The molecule has 0 amide bonds. The van der Waals surface area contributed by atoms with Gasteiger partial charge in [-0.25, -0.2) is 4.98 Å². The van der Waals surface area contributed by atoms with Gasteiger partial charge in [-0.3, -0.25) is 0 Å². The highest BCUT2D eigenvalue weighted by Gasteiger charge is 2.22. The topological polar surface area (TPSA) is 102 Å². The summed E-state index contributed by atoms with van der Waals surface area (Å²) in [5.74, 6) is 2.18. The number of ether oxygens (including phenoxy) is 1. The first-order valence-corrected chi connectivity index (χ1v) is 9.91. The maximum atomic E-state index is 5.99. The van der Waals surface area contributed by atoms with Crippen molar-refractivity contribution >= 4 is 11.8 Å². The van der Waals surface area contributed by atoms with Crippen molar-refractivity contribution in [2.45, 2.75) is 26.2 Å². The molecule has 1 unspecified atom stereocenters. The molecule has 0 radical (unpaired) electrons. The van der Waals surface area contributed by atoms with E-state index in [1.807, 2.05) is 0 Å². The molecule has 28 heavy (non-hydrogen) atoms. The van der Waals surface area contributed by atoms with E-state index in [2.05, 4.69) is 39.8 Å². The predicted molar refractivity (Wildman–Crippen MR) is 114 cm³/mol. The standard InChI is InChI=1S/C21H32N6O/c1-14(13-27-6-4-24-5-7-27)8-18-15(2)9-16(11-19(18)28-3)10-17-12-25-21(23)26-20(17)22/h9,12,14,24H,2,4-8,10-11,13H2,1,3H3,(H4,22,23,25,26). The number of allylic oxidation sites excluding steroid dienone is 4. The number of hydrogen-bond acceptors (Lipinski definition) is 7. The molecule has 1 fully saturated rings. The van der Waals surface area contributed by atoms with E-state index in [4.69, 9.17) is 16.2 Å². The van der Waals surface area contributed by atoms with Crippen LogP contribution in [0.1, 0.15) is 25.3 Å². The van der Waals surface area contributed by atoms with E-state index < -0.39 is 0 Å². The molecular weight excluding hydrogens is 352 g/mol. The Hall–Kier alpha value is -2.38. The molecule has 1 aromatic heterocycles. The Bertz CT molecular complexity index is 779. The summed E-state index contributed by atoms with van der Waals surface area (Å²) < 4.78 is 5.75. The number of nitrogens with two attached hydrogens (primary N) is 2. The normalized spacial score (nSPS) is 19.5. The van der Waals surface area contributed by atoms with Crippen molar-refractivity contribution in [3.8, 4) is 0 Å². The van der Waals surface area contributed by atoms with Crippen LogP contribution >= 0.6 is 0 Å². The molecule has 1 aliphatic carbocycles. The van der Waals surface area contributed by atoms with Crippen molar-refractivity contribution in [1.29, 1.82) is 0 Å². The summed E-state index contributed by atoms with van der Waals surface area (Å²) in [5.41, 5.74) is 15.9. The first-order chi connectivity index (χ1) is 13.5. The Morgan fingerprint density at radius 2 is 2.07 bits per heavy atom. The van der Waals surface area contributed by atoms with Crippen LogP contribution in [-0.4, -0.2) is 54.7 Å². The Balaban J connectivity index is 1.65. The molecule has 0 saturated carbocycles. The van der Waals surface area contributed by atoms with Gasteiger partial charge in [0.1, 0.15) is 11.6 Å². The lowest BCUT2D eigenvalue weighted by Crippen LogP contribution is -2.45. The minimum Gasteiger partial charge on any atom is -0.500 e. The Morgan fingerprint density at radius 3 is 2.75 bits per heavy atom. The summed E-state index contributed by atoms with van der Waals surface area (Å²) in [6, 6.07) is 0. The molecule has 0 spiro atoms. The van der Waals surface area contributed by atoms with Crippen molar-refractivity contribution in [3.05, 3.63) is 46.9 Å². The average Bonchev–Trinajstić information content (AvgIpc) is 2.66. The third-order valence-electron chi connectivity index (χ3n) is 5.40. The summed E-state index contributed by atoms with van der Waals surface area (Å²) in [7, 11) is 1.74. The molecule has 7 nitrogen and oxygen atoms in total. The van der Waals surface area contributed by atoms with Crippen LogP contribution in [0.3, 0.4) is 0 Å². The van der Waals surface area contributed by atoms with E-state index in [0.29, 0.717) is 18.2 Å². The molecule has 152 valence electrons. The van der Waals surface area contributed by atoms with Gasteiger partial charge in [-0.1, -0.05) is 25.2 Å². The molecule has 2 aliphatic rings. The lowest BCUT2D eigenvalue weighted by molar-refractivity contribution is 0.209. The minimum atomic E-state index is 0.196. The van der Waals surface area contributed by atoms with Gasteiger partial charge in [0.25, 0.3) is 0 Å². The molecule has 5 N–H and O–H groups in total. The number of nitrogen functional groups attached to an aromatic ring is 2. The van der Waals surface area contributed by atoms with E-state index in [0.717, 1.165) is 62.5 Å². The fourth-order valence-electron chi connectivity index (χ4n) is 3.99. The highest BCUT2D eigenvalue weighted by molar-refractivity contribution is 5.50. The minimum absolute atomic E-state index is 0.196. The van der Waals surface area contributed by atoms with Crippen molar-refractivity contribution in [2.24, 2.45) is 5.92 Å². The molecule has 1 aliphatic heterocycles. The largest absolute Gasteiger partial charge is 0.500 e. The van der Waals surface area contributed by atoms with Gasteiger partial charge in [0, 0.05) is 50.9 Å². The van der Waals surface area contributed by atoms with Crippen LogP contribution in [0.2, 0.25) is 0 Å². The van der Waals surface area contributed by atoms with Gasteiger partial charge in [-0.2, -0.15) is 4.98 Å². The van der Waals surface area contributed by atoms with Gasteiger partial charge < -0.3 is 26.4 Å². The Kier molecular flexibility index (Phi) is 6.70. The van der Waals surface area contributed by atoms with Gasteiger partial charge in [0.05, 0.1) is 7.11 Å². The number of anilines is 2. The van der Waals surface area contributed by atoms with Gasteiger partial charge >= 0.3 is 0 Å². The maximum absolute atomic E-state index is 5.99. The van der Waals surface area contributed by atoms with Crippen LogP contribution in [0.15, 0.2) is 41.3 Å². The lowest BCUT2D eigenvalue weighted by atomic mass is 9.86. The van der Waals surface area contributed by atoms with Crippen LogP contribution in [0.5, 0.6) is 0 Å². The highest BCUT2D eigenvalue weighted by Crippen LogP contribution is 2.34. The van der Waals surface area contributed by atoms with E-state index in [1.54, 1.807) is 13.3 Å². The van der Waals surface area contributed by atoms with Gasteiger partial charge in [-0.15, -0.1) is 0 Å². The summed E-state index contributed by atoms with van der Waals surface area (Å²) in [5, 5.41) is 3.41. The fraction of sp³-hybridized carbons (Fsp3) is 0.524. The third kappa shape index (κ3) is 5.11. The average molecular weight is 385 g/mol. The highest BCUT2D eigenvalue weighted by atomic mass is 16.5. The fourth-order valence-corrected chi connectivity index (χ4v) is 3.99. The zero-order valence-electron chi connectivity index (χ0n) is 17.0. The summed E-state index contributed by atoms with van der Waals surface area (Å²) in [6.07, 6.45) is 6.26. The number of aromatic nitrogens is 2. The molecule has 1 atom stereocenters. The van der Waals surface area contributed by atoms with Crippen molar-refractivity contribution < 1.29 is 4.74 Å². The van der Waals surface area contributed by atoms with Crippen molar-refractivity contribution in [2.75, 3.05) is 51.3 Å².